The van der Waals surface area contributed by atoms with Crippen molar-refractivity contribution in [1.82, 2.24) is 0 Å². The second-order valence-electron chi connectivity index (χ2n) is 2.74. The van der Waals surface area contributed by atoms with Crippen molar-refractivity contribution in [3.63, 3.8) is 0 Å². The monoisotopic (exact) mass is 283 g/mol. The zero-order chi connectivity index (χ0) is 10.1. The number of benzene rings is 1. The Hall–Kier alpha value is -0.500. The van der Waals surface area contributed by atoms with Crippen LogP contribution in [0.5, 0.6) is 0 Å². The summed E-state index contributed by atoms with van der Waals surface area (Å²) in [6, 6.07) is 6.38. The number of thioether (sulfide) groups is 1. The van der Waals surface area contributed by atoms with Gasteiger partial charge in [0.25, 0.3) is 0 Å². The molecular weight excluding hydrogens is 278 g/mol. The summed E-state index contributed by atoms with van der Waals surface area (Å²) in [7, 11) is 0. The van der Waals surface area contributed by atoms with Crippen molar-refractivity contribution < 1.29 is 0 Å². The molecule has 4 heteroatoms. The molecule has 0 aliphatic carbocycles. The minimum Gasteiger partial charge on any atom is -0.192 e. The third kappa shape index (κ3) is 1.56. The van der Waals surface area contributed by atoms with E-state index in [1.807, 2.05) is 11.6 Å². The molecule has 1 aromatic heterocycles. The summed E-state index contributed by atoms with van der Waals surface area (Å²) >= 11 is 6.83. The molecule has 0 saturated heterocycles. The number of halogens is 1. The lowest BCUT2D eigenvalue weighted by molar-refractivity contribution is 1.49. The minimum absolute atomic E-state index is 0.754. The van der Waals surface area contributed by atoms with Gasteiger partial charge in [-0.3, -0.25) is 0 Å². The van der Waals surface area contributed by atoms with Crippen LogP contribution in [-0.4, -0.2) is 6.26 Å². The molecule has 2 rings (SSSR count). The molecule has 1 heterocycles. The molecule has 0 aliphatic heterocycles. The zero-order valence-corrected chi connectivity index (χ0v) is 10.6. The van der Waals surface area contributed by atoms with Gasteiger partial charge < -0.3 is 0 Å². The molecule has 0 fully saturated rings. The van der Waals surface area contributed by atoms with Crippen LogP contribution in [0, 0.1) is 11.3 Å². The Labute approximate surface area is 98.9 Å². The van der Waals surface area contributed by atoms with Gasteiger partial charge in [-0.25, -0.2) is 0 Å². The van der Waals surface area contributed by atoms with E-state index in [1.165, 1.54) is 9.60 Å². The molecule has 0 saturated carbocycles. The van der Waals surface area contributed by atoms with Gasteiger partial charge in [-0.2, -0.15) is 5.26 Å². The maximum Gasteiger partial charge on any atom is 0.101 e. The molecular formula is C10H6BrNS2. The van der Waals surface area contributed by atoms with Crippen LogP contribution in [0.1, 0.15) is 5.56 Å². The largest absolute Gasteiger partial charge is 0.192 e. The highest BCUT2D eigenvalue weighted by Crippen LogP contribution is 2.35. The van der Waals surface area contributed by atoms with E-state index in [0.29, 0.717) is 0 Å². The first-order valence-electron chi connectivity index (χ1n) is 3.91. The standard InChI is InChI=1S/C10H6BrNS2/c1-13-7-2-8(11)10-6(4-12)5-14-9(10)3-7/h2-3,5H,1H3. The number of nitriles is 1. The fourth-order valence-corrected chi connectivity index (χ4v) is 3.74. The highest BCUT2D eigenvalue weighted by molar-refractivity contribution is 9.10. The summed E-state index contributed by atoms with van der Waals surface area (Å²) < 4.78 is 2.18. The first-order valence-corrected chi connectivity index (χ1v) is 6.81. The lowest BCUT2D eigenvalue weighted by atomic mass is 10.2. The van der Waals surface area contributed by atoms with Crippen molar-refractivity contribution in [1.29, 1.82) is 5.26 Å². The summed E-state index contributed by atoms with van der Waals surface area (Å²) in [4.78, 5) is 1.22. The van der Waals surface area contributed by atoms with E-state index in [1.54, 1.807) is 23.1 Å². The average Bonchev–Trinajstić information content (AvgIpc) is 2.61. The van der Waals surface area contributed by atoms with Crippen LogP contribution in [0.15, 0.2) is 26.9 Å². The highest BCUT2D eigenvalue weighted by Gasteiger charge is 2.08. The van der Waals surface area contributed by atoms with Crippen molar-refractivity contribution in [2.45, 2.75) is 4.90 Å². The summed E-state index contributed by atoms with van der Waals surface area (Å²) in [5.74, 6) is 0. The Kier molecular flexibility index (Phi) is 2.82. The maximum absolute atomic E-state index is 8.91. The van der Waals surface area contributed by atoms with Gasteiger partial charge in [-0.05, 0) is 18.4 Å². The molecule has 1 aromatic carbocycles. The normalized spacial score (nSPS) is 10.4. The topological polar surface area (TPSA) is 23.8 Å². The molecule has 0 unspecified atom stereocenters. The first-order chi connectivity index (χ1) is 6.76. The van der Waals surface area contributed by atoms with E-state index < -0.39 is 0 Å². The highest BCUT2D eigenvalue weighted by atomic mass is 79.9. The summed E-state index contributed by atoms with van der Waals surface area (Å²) in [5, 5.41) is 11.8. The van der Waals surface area contributed by atoms with Crippen molar-refractivity contribution in [3.8, 4) is 6.07 Å². The Morgan fingerprint density at radius 3 is 2.93 bits per heavy atom. The number of rotatable bonds is 1. The van der Waals surface area contributed by atoms with Gasteiger partial charge in [-0.1, -0.05) is 15.9 Å². The number of nitrogens with zero attached hydrogens (tertiary/aromatic N) is 1. The molecule has 0 radical (unpaired) electrons. The van der Waals surface area contributed by atoms with E-state index in [0.717, 1.165) is 15.4 Å². The quantitative estimate of drug-likeness (QED) is 0.731. The second kappa shape index (κ2) is 3.93. The number of fused-ring (bicyclic) bond motifs is 1. The van der Waals surface area contributed by atoms with Gasteiger partial charge >= 0.3 is 0 Å². The van der Waals surface area contributed by atoms with Gasteiger partial charge in [0.1, 0.15) is 6.07 Å². The molecule has 70 valence electrons. The van der Waals surface area contributed by atoms with Crippen LogP contribution in [0.2, 0.25) is 0 Å². The molecule has 0 spiro atoms. The van der Waals surface area contributed by atoms with Gasteiger partial charge in [0.05, 0.1) is 5.56 Å². The molecule has 0 bridgehead atoms. The average molecular weight is 284 g/mol. The number of thiophene rings is 1. The third-order valence-corrected chi connectivity index (χ3v) is 4.22. The van der Waals surface area contributed by atoms with Crippen LogP contribution in [0.25, 0.3) is 10.1 Å². The summed E-state index contributed by atoms with van der Waals surface area (Å²) in [5.41, 5.74) is 0.754. The first kappa shape index (κ1) is 10.0. The molecule has 1 nitrogen and oxygen atoms in total. The SMILES string of the molecule is CSc1cc(Br)c2c(C#N)csc2c1. The summed E-state index contributed by atoms with van der Waals surface area (Å²) in [6.07, 6.45) is 2.05. The lowest BCUT2D eigenvalue weighted by Gasteiger charge is -1.99. The van der Waals surface area contributed by atoms with Crippen LogP contribution >= 0.6 is 39.0 Å². The van der Waals surface area contributed by atoms with Gasteiger partial charge in [0, 0.05) is 24.8 Å². The molecule has 14 heavy (non-hydrogen) atoms. The Balaban J connectivity index is 2.80. The summed E-state index contributed by atoms with van der Waals surface area (Å²) in [6.45, 7) is 0. The number of hydrogen-bond acceptors (Lipinski definition) is 3. The van der Waals surface area contributed by atoms with Crippen molar-refractivity contribution >= 4 is 49.1 Å². The van der Waals surface area contributed by atoms with Crippen LogP contribution in [0.3, 0.4) is 0 Å². The smallest absolute Gasteiger partial charge is 0.101 e. The Bertz CT molecular complexity index is 525. The van der Waals surface area contributed by atoms with Gasteiger partial charge in [0.2, 0.25) is 0 Å². The Morgan fingerprint density at radius 1 is 1.50 bits per heavy atom. The van der Waals surface area contributed by atoms with E-state index in [2.05, 4.69) is 34.1 Å². The minimum atomic E-state index is 0.754. The van der Waals surface area contributed by atoms with Crippen molar-refractivity contribution in [2.24, 2.45) is 0 Å². The molecule has 2 aromatic rings. The van der Waals surface area contributed by atoms with E-state index in [9.17, 15) is 0 Å². The van der Waals surface area contributed by atoms with Crippen molar-refractivity contribution in [2.75, 3.05) is 6.26 Å². The lowest BCUT2D eigenvalue weighted by Crippen LogP contribution is -1.75. The molecule has 0 aliphatic rings. The van der Waals surface area contributed by atoms with Crippen molar-refractivity contribution in [3.05, 3.63) is 27.5 Å². The van der Waals surface area contributed by atoms with E-state index in [4.69, 9.17) is 5.26 Å². The van der Waals surface area contributed by atoms with Crippen LogP contribution in [0.4, 0.5) is 0 Å². The predicted molar refractivity (Wildman–Crippen MR) is 66.0 cm³/mol. The second-order valence-corrected chi connectivity index (χ2v) is 5.39. The predicted octanol–water partition coefficient (Wildman–Crippen LogP) is 4.26. The maximum atomic E-state index is 8.91. The van der Waals surface area contributed by atoms with Crippen LogP contribution < -0.4 is 0 Å². The molecule has 0 atom stereocenters. The molecule has 0 amide bonds. The van der Waals surface area contributed by atoms with Gasteiger partial charge in [0.15, 0.2) is 0 Å². The Morgan fingerprint density at radius 2 is 2.29 bits per heavy atom. The van der Waals surface area contributed by atoms with Gasteiger partial charge in [-0.15, -0.1) is 23.1 Å². The fourth-order valence-electron chi connectivity index (χ4n) is 1.29. The molecule has 0 N–H and O–H groups in total. The number of hydrogen-bond donors (Lipinski definition) is 0. The third-order valence-electron chi connectivity index (χ3n) is 1.96. The van der Waals surface area contributed by atoms with Crippen LogP contribution in [-0.2, 0) is 0 Å². The van der Waals surface area contributed by atoms with E-state index in [-0.39, 0.29) is 0 Å². The van der Waals surface area contributed by atoms with E-state index >= 15 is 0 Å². The fraction of sp³-hybridized carbons (Fsp3) is 0.100. The zero-order valence-electron chi connectivity index (χ0n) is 7.37.